The molecule has 2 heteroatoms. The van der Waals surface area contributed by atoms with E-state index in [1.807, 2.05) is 37.3 Å². The fraction of sp³-hybridized carbons (Fsp3) is 0.188. The summed E-state index contributed by atoms with van der Waals surface area (Å²) in [4.78, 5) is 4.57. The predicted molar refractivity (Wildman–Crippen MR) is 76.8 cm³/mol. The molecule has 18 heavy (non-hydrogen) atoms. The van der Waals surface area contributed by atoms with Crippen molar-refractivity contribution < 1.29 is 0 Å². The van der Waals surface area contributed by atoms with Gasteiger partial charge in [-0.25, -0.2) is 0 Å². The normalized spacial score (nSPS) is 13.3. The Bertz CT molecular complexity index is 540. The molecule has 0 aromatic heterocycles. The van der Waals surface area contributed by atoms with E-state index in [4.69, 9.17) is 5.73 Å². The zero-order valence-corrected chi connectivity index (χ0v) is 10.8. The van der Waals surface area contributed by atoms with Gasteiger partial charge < -0.3 is 5.73 Å². The Morgan fingerprint density at radius 2 is 1.61 bits per heavy atom. The van der Waals surface area contributed by atoms with Crippen LogP contribution in [0.3, 0.4) is 0 Å². The summed E-state index contributed by atoms with van der Waals surface area (Å²) in [6.45, 7) is 3.93. The molecular formula is C16H18N2. The molecule has 1 atom stereocenters. The lowest BCUT2D eigenvalue weighted by Gasteiger charge is -2.16. The van der Waals surface area contributed by atoms with E-state index >= 15 is 0 Å². The molecule has 2 rings (SSSR count). The summed E-state index contributed by atoms with van der Waals surface area (Å²) < 4.78 is 0. The summed E-state index contributed by atoms with van der Waals surface area (Å²) in [5, 5.41) is 0. The highest BCUT2D eigenvalue weighted by atomic mass is 14.9. The number of rotatable bonds is 3. The van der Waals surface area contributed by atoms with E-state index in [1.54, 1.807) is 0 Å². The van der Waals surface area contributed by atoms with Crippen LogP contribution in [0.25, 0.3) is 0 Å². The number of aryl methyl sites for hydroxylation is 1. The third-order valence-corrected chi connectivity index (χ3v) is 2.93. The quantitative estimate of drug-likeness (QED) is 0.645. The fourth-order valence-corrected chi connectivity index (χ4v) is 2.06. The number of hydrogen-bond donors (Lipinski definition) is 1. The lowest BCUT2D eigenvalue weighted by Crippen LogP contribution is -2.10. The molecule has 2 aromatic rings. The van der Waals surface area contributed by atoms with Crippen LogP contribution in [0.1, 0.15) is 29.7 Å². The smallest absolute Gasteiger partial charge is 0.102 e. The van der Waals surface area contributed by atoms with E-state index in [1.165, 1.54) is 11.1 Å². The van der Waals surface area contributed by atoms with Crippen LogP contribution in [0.15, 0.2) is 59.6 Å². The zero-order chi connectivity index (χ0) is 13.0. The summed E-state index contributed by atoms with van der Waals surface area (Å²) >= 11 is 0. The first kappa shape index (κ1) is 12.4. The van der Waals surface area contributed by atoms with Crippen molar-refractivity contribution in [2.75, 3.05) is 0 Å². The van der Waals surface area contributed by atoms with Crippen LogP contribution < -0.4 is 5.73 Å². The standard InChI is InChI=1S/C16H18N2/c1-12-8-6-7-11-15(12)16(18-13(2)17)14-9-4-3-5-10-14/h3-11,16H,1-2H3,(H2,17,18). The fourth-order valence-electron chi connectivity index (χ4n) is 2.06. The molecule has 0 bridgehead atoms. The lowest BCUT2D eigenvalue weighted by molar-refractivity contribution is 0.859. The first-order valence-corrected chi connectivity index (χ1v) is 6.09. The summed E-state index contributed by atoms with van der Waals surface area (Å²) in [6, 6.07) is 18.5. The lowest BCUT2D eigenvalue weighted by atomic mass is 9.95. The molecule has 0 radical (unpaired) electrons. The first-order chi connectivity index (χ1) is 8.68. The van der Waals surface area contributed by atoms with E-state index in [0.717, 1.165) is 5.56 Å². The SMILES string of the molecule is CC(N)=NC(c1ccccc1)c1ccccc1C. The number of hydrogen-bond acceptors (Lipinski definition) is 1. The largest absolute Gasteiger partial charge is 0.388 e. The van der Waals surface area contributed by atoms with Crippen LogP contribution in [-0.2, 0) is 0 Å². The van der Waals surface area contributed by atoms with Crippen LogP contribution in [0, 0.1) is 6.92 Å². The van der Waals surface area contributed by atoms with Crippen LogP contribution in [0.4, 0.5) is 0 Å². The Kier molecular flexibility index (Phi) is 3.78. The van der Waals surface area contributed by atoms with Gasteiger partial charge in [0, 0.05) is 0 Å². The highest BCUT2D eigenvalue weighted by Crippen LogP contribution is 2.28. The van der Waals surface area contributed by atoms with Crippen molar-refractivity contribution >= 4 is 5.84 Å². The molecule has 92 valence electrons. The van der Waals surface area contributed by atoms with Crippen molar-refractivity contribution in [2.45, 2.75) is 19.9 Å². The molecule has 0 amide bonds. The summed E-state index contributed by atoms with van der Waals surface area (Å²) in [7, 11) is 0. The minimum absolute atomic E-state index is 0.0163. The van der Waals surface area contributed by atoms with Crippen LogP contribution >= 0.6 is 0 Å². The Labute approximate surface area is 108 Å². The van der Waals surface area contributed by atoms with Crippen LogP contribution in [-0.4, -0.2) is 5.84 Å². The second-order valence-corrected chi connectivity index (χ2v) is 4.44. The number of nitrogens with two attached hydrogens (primary N) is 1. The molecular weight excluding hydrogens is 220 g/mol. The van der Waals surface area contributed by atoms with Crippen molar-refractivity contribution in [3.05, 3.63) is 71.3 Å². The third-order valence-electron chi connectivity index (χ3n) is 2.93. The Balaban J connectivity index is 2.51. The second-order valence-electron chi connectivity index (χ2n) is 4.44. The molecule has 0 aliphatic carbocycles. The molecule has 0 aliphatic rings. The van der Waals surface area contributed by atoms with Gasteiger partial charge in [-0.2, -0.15) is 0 Å². The topological polar surface area (TPSA) is 38.4 Å². The summed E-state index contributed by atoms with van der Waals surface area (Å²) in [5.74, 6) is 0.604. The van der Waals surface area contributed by atoms with Crippen molar-refractivity contribution in [1.29, 1.82) is 0 Å². The number of benzene rings is 2. The van der Waals surface area contributed by atoms with Crippen molar-refractivity contribution in [2.24, 2.45) is 10.7 Å². The molecule has 1 unspecified atom stereocenters. The predicted octanol–water partition coefficient (Wildman–Crippen LogP) is 3.46. The average Bonchev–Trinajstić information content (AvgIpc) is 2.38. The van der Waals surface area contributed by atoms with Gasteiger partial charge in [0.15, 0.2) is 0 Å². The van der Waals surface area contributed by atoms with E-state index in [0.29, 0.717) is 5.84 Å². The molecule has 0 aliphatic heterocycles. The Morgan fingerprint density at radius 3 is 2.22 bits per heavy atom. The van der Waals surface area contributed by atoms with Crippen molar-refractivity contribution in [3.63, 3.8) is 0 Å². The maximum Gasteiger partial charge on any atom is 0.102 e. The van der Waals surface area contributed by atoms with Gasteiger partial charge in [0.1, 0.15) is 6.04 Å². The molecule has 0 saturated heterocycles. The Morgan fingerprint density at radius 1 is 1.00 bits per heavy atom. The van der Waals surface area contributed by atoms with Gasteiger partial charge in [-0.05, 0) is 30.5 Å². The van der Waals surface area contributed by atoms with Crippen molar-refractivity contribution in [3.8, 4) is 0 Å². The van der Waals surface area contributed by atoms with Crippen LogP contribution in [0.2, 0.25) is 0 Å². The maximum atomic E-state index is 5.77. The van der Waals surface area contributed by atoms with Gasteiger partial charge in [0.05, 0.1) is 5.84 Å². The van der Waals surface area contributed by atoms with Crippen LogP contribution in [0.5, 0.6) is 0 Å². The molecule has 2 aromatic carbocycles. The maximum absolute atomic E-state index is 5.77. The molecule has 2 nitrogen and oxygen atoms in total. The van der Waals surface area contributed by atoms with Gasteiger partial charge in [-0.1, -0.05) is 54.6 Å². The number of amidine groups is 1. The molecule has 0 spiro atoms. The highest BCUT2D eigenvalue weighted by Gasteiger charge is 2.14. The summed E-state index contributed by atoms with van der Waals surface area (Å²) in [6.07, 6.45) is 0. The Hall–Kier alpha value is -2.09. The third kappa shape index (κ3) is 2.77. The number of nitrogens with zero attached hydrogens (tertiary/aromatic N) is 1. The van der Waals surface area contributed by atoms with Gasteiger partial charge in [-0.15, -0.1) is 0 Å². The van der Waals surface area contributed by atoms with Crippen molar-refractivity contribution in [1.82, 2.24) is 0 Å². The summed E-state index contributed by atoms with van der Waals surface area (Å²) in [5.41, 5.74) is 9.37. The molecule has 2 N–H and O–H groups in total. The minimum Gasteiger partial charge on any atom is -0.388 e. The van der Waals surface area contributed by atoms with E-state index in [-0.39, 0.29) is 6.04 Å². The number of aliphatic imine (C=N–C) groups is 1. The van der Waals surface area contributed by atoms with Gasteiger partial charge in [0.25, 0.3) is 0 Å². The molecule has 0 heterocycles. The average molecular weight is 238 g/mol. The van der Waals surface area contributed by atoms with Gasteiger partial charge >= 0.3 is 0 Å². The zero-order valence-electron chi connectivity index (χ0n) is 10.8. The first-order valence-electron chi connectivity index (χ1n) is 6.09. The second kappa shape index (κ2) is 5.50. The van der Waals surface area contributed by atoms with E-state index in [2.05, 4.69) is 36.2 Å². The van der Waals surface area contributed by atoms with Gasteiger partial charge in [-0.3, -0.25) is 4.99 Å². The molecule has 0 fully saturated rings. The highest BCUT2D eigenvalue weighted by molar-refractivity contribution is 5.78. The minimum atomic E-state index is -0.0163. The van der Waals surface area contributed by atoms with Gasteiger partial charge in [0.2, 0.25) is 0 Å². The van der Waals surface area contributed by atoms with E-state index in [9.17, 15) is 0 Å². The monoisotopic (exact) mass is 238 g/mol. The molecule has 0 saturated carbocycles. The van der Waals surface area contributed by atoms with E-state index < -0.39 is 0 Å².